The van der Waals surface area contributed by atoms with Crippen molar-refractivity contribution < 1.29 is 14.3 Å². The highest BCUT2D eigenvalue weighted by molar-refractivity contribution is 5.97. The number of methoxy groups -OCH3 is 1. The van der Waals surface area contributed by atoms with Gasteiger partial charge in [-0.15, -0.1) is 6.42 Å². The van der Waals surface area contributed by atoms with Crippen LogP contribution in [0.1, 0.15) is 22.0 Å². The van der Waals surface area contributed by atoms with Gasteiger partial charge in [0.2, 0.25) is 0 Å². The Hall–Kier alpha value is -1.95. The maximum atomic E-state index is 11.4. The molecule has 0 amide bonds. The Bertz CT molecular complexity index is 429. The number of fused-ring (bicyclic) bond motifs is 1. The van der Waals surface area contributed by atoms with E-state index < -0.39 is 12.1 Å². The third-order valence-electron chi connectivity index (χ3n) is 2.14. The molecule has 0 fully saturated rings. The first-order valence-electron chi connectivity index (χ1n) is 4.12. The van der Waals surface area contributed by atoms with Crippen LogP contribution in [0.2, 0.25) is 0 Å². The van der Waals surface area contributed by atoms with Crippen LogP contribution in [0.4, 0.5) is 0 Å². The van der Waals surface area contributed by atoms with Crippen molar-refractivity contribution in [2.45, 2.75) is 6.10 Å². The Morgan fingerprint density at radius 2 is 2.36 bits per heavy atom. The van der Waals surface area contributed by atoms with Gasteiger partial charge in [0.25, 0.3) is 0 Å². The van der Waals surface area contributed by atoms with Crippen LogP contribution < -0.4 is 4.74 Å². The number of hydrogen-bond donors (Lipinski definition) is 0. The van der Waals surface area contributed by atoms with Crippen LogP contribution in [0.15, 0.2) is 18.2 Å². The second-order valence-corrected chi connectivity index (χ2v) is 2.88. The number of cyclic esters (lactones) is 1. The maximum Gasteiger partial charge on any atom is 0.343 e. The Balaban J connectivity index is 2.62. The monoisotopic (exact) mass is 188 g/mol. The van der Waals surface area contributed by atoms with Gasteiger partial charge >= 0.3 is 5.97 Å². The predicted octanol–water partition coefficient (Wildman–Crippen LogP) is 1.54. The summed E-state index contributed by atoms with van der Waals surface area (Å²) in [6.07, 6.45) is 4.66. The van der Waals surface area contributed by atoms with Gasteiger partial charge in [0, 0.05) is 5.56 Å². The van der Waals surface area contributed by atoms with Crippen molar-refractivity contribution in [1.29, 1.82) is 0 Å². The first kappa shape index (κ1) is 8.64. The largest absolute Gasteiger partial charge is 0.496 e. The fourth-order valence-electron chi connectivity index (χ4n) is 1.51. The van der Waals surface area contributed by atoms with E-state index in [0.717, 1.165) is 0 Å². The van der Waals surface area contributed by atoms with E-state index in [0.29, 0.717) is 16.9 Å². The molecule has 1 aromatic carbocycles. The Labute approximate surface area is 81.6 Å². The van der Waals surface area contributed by atoms with Crippen molar-refractivity contribution in [2.75, 3.05) is 7.11 Å². The molecule has 0 bridgehead atoms. The van der Waals surface area contributed by atoms with Gasteiger partial charge < -0.3 is 9.47 Å². The predicted molar refractivity (Wildman–Crippen MR) is 50.0 cm³/mol. The van der Waals surface area contributed by atoms with E-state index >= 15 is 0 Å². The Morgan fingerprint density at radius 3 is 3.00 bits per heavy atom. The first-order valence-corrected chi connectivity index (χ1v) is 4.12. The molecule has 0 saturated heterocycles. The number of hydrogen-bond acceptors (Lipinski definition) is 3. The SMILES string of the molecule is C#CC1OC(=O)c2c(OC)cccc21. The van der Waals surface area contributed by atoms with Crippen LogP contribution >= 0.6 is 0 Å². The fraction of sp³-hybridized carbons (Fsp3) is 0.182. The van der Waals surface area contributed by atoms with E-state index in [9.17, 15) is 4.79 Å². The number of terminal acetylenes is 1. The van der Waals surface area contributed by atoms with Gasteiger partial charge in [-0.1, -0.05) is 18.1 Å². The molecule has 1 heterocycles. The van der Waals surface area contributed by atoms with Gasteiger partial charge in [0.15, 0.2) is 6.10 Å². The van der Waals surface area contributed by atoms with Crippen molar-refractivity contribution >= 4 is 5.97 Å². The lowest BCUT2D eigenvalue weighted by Crippen LogP contribution is -1.98. The van der Waals surface area contributed by atoms with Crippen LogP contribution in [0, 0.1) is 12.3 Å². The van der Waals surface area contributed by atoms with Gasteiger partial charge in [0.05, 0.1) is 7.11 Å². The highest BCUT2D eigenvalue weighted by atomic mass is 16.6. The molecule has 0 N–H and O–H groups in total. The molecule has 0 spiro atoms. The van der Waals surface area contributed by atoms with E-state index in [4.69, 9.17) is 15.9 Å². The fourth-order valence-corrected chi connectivity index (χ4v) is 1.51. The number of carbonyl (C=O) groups excluding carboxylic acids is 1. The molecular weight excluding hydrogens is 180 g/mol. The molecule has 1 aromatic rings. The van der Waals surface area contributed by atoms with Gasteiger partial charge in [0.1, 0.15) is 11.3 Å². The normalized spacial score (nSPS) is 18.3. The molecule has 0 aromatic heterocycles. The lowest BCUT2D eigenvalue weighted by atomic mass is 10.0. The van der Waals surface area contributed by atoms with Crippen LogP contribution in [0.25, 0.3) is 0 Å². The summed E-state index contributed by atoms with van der Waals surface area (Å²) >= 11 is 0. The standard InChI is InChI=1S/C11H8O3/c1-3-8-7-5-4-6-9(13-2)10(7)11(12)14-8/h1,4-6,8H,2H3. The Kier molecular flexibility index (Phi) is 1.90. The summed E-state index contributed by atoms with van der Waals surface area (Å²) in [6.45, 7) is 0. The maximum absolute atomic E-state index is 11.4. The van der Waals surface area contributed by atoms with E-state index in [2.05, 4.69) is 5.92 Å². The number of benzene rings is 1. The summed E-state index contributed by atoms with van der Waals surface area (Å²) in [5.74, 6) is 2.49. The topological polar surface area (TPSA) is 35.5 Å². The first-order chi connectivity index (χ1) is 6.77. The van der Waals surface area contributed by atoms with Gasteiger partial charge in [-0.2, -0.15) is 0 Å². The van der Waals surface area contributed by atoms with Crippen molar-refractivity contribution in [3.63, 3.8) is 0 Å². The van der Waals surface area contributed by atoms with Crippen LogP contribution in [0.3, 0.4) is 0 Å². The zero-order valence-corrected chi connectivity index (χ0v) is 7.61. The minimum atomic E-state index is -0.576. The average Bonchev–Trinajstić information content (AvgIpc) is 2.55. The molecule has 1 unspecified atom stereocenters. The van der Waals surface area contributed by atoms with Crippen molar-refractivity contribution in [2.24, 2.45) is 0 Å². The van der Waals surface area contributed by atoms with E-state index in [1.807, 2.05) is 0 Å². The second kappa shape index (κ2) is 3.08. The number of ether oxygens (including phenoxy) is 2. The molecule has 14 heavy (non-hydrogen) atoms. The molecule has 3 heteroatoms. The zero-order valence-electron chi connectivity index (χ0n) is 7.61. The summed E-state index contributed by atoms with van der Waals surface area (Å²) in [5, 5.41) is 0. The molecular formula is C11H8O3. The molecule has 3 nitrogen and oxygen atoms in total. The smallest absolute Gasteiger partial charge is 0.343 e. The van der Waals surface area contributed by atoms with Crippen LogP contribution in [-0.2, 0) is 4.74 Å². The third kappa shape index (κ3) is 1.05. The summed E-state index contributed by atoms with van der Waals surface area (Å²) in [6, 6.07) is 5.26. The molecule has 2 rings (SSSR count). The van der Waals surface area contributed by atoms with Crippen molar-refractivity contribution in [3.8, 4) is 18.1 Å². The highest BCUT2D eigenvalue weighted by Crippen LogP contribution is 2.35. The molecule has 1 aliphatic heterocycles. The molecule has 0 radical (unpaired) electrons. The van der Waals surface area contributed by atoms with E-state index in [1.165, 1.54) is 7.11 Å². The van der Waals surface area contributed by atoms with Crippen molar-refractivity contribution in [1.82, 2.24) is 0 Å². The summed E-state index contributed by atoms with van der Waals surface area (Å²) in [4.78, 5) is 11.4. The van der Waals surface area contributed by atoms with Crippen molar-refractivity contribution in [3.05, 3.63) is 29.3 Å². The molecule has 1 aliphatic rings. The highest BCUT2D eigenvalue weighted by Gasteiger charge is 2.32. The molecule has 0 saturated carbocycles. The average molecular weight is 188 g/mol. The number of rotatable bonds is 1. The minimum Gasteiger partial charge on any atom is -0.496 e. The van der Waals surface area contributed by atoms with E-state index in [1.54, 1.807) is 18.2 Å². The lowest BCUT2D eigenvalue weighted by molar-refractivity contribution is 0.0479. The molecule has 0 aliphatic carbocycles. The van der Waals surface area contributed by atoms with Gasteiger partial charge in [-0.05, 0) is 6.07 Å². The lowest BCUT2D eigenvalue weighted by Gasteiger charge is -2.03. The number of esters is 1. The van der Waals surface area contributed by atoms with E-state index in [-0.39, 0.29) is 0 Å². The minimum absolute atomic E-state index is 0.416. The van der Waals surface area contributed by atoms with Crippen LogP contribution in [0.5, 0.6) is 5.75 Å². The quantitative estimate of drug-likeness (QED) is 0.495. The number of carbonyl (C=O) groups is 1. The second-order valence-electron chi connectivity index (χ2n) is 2.88. The molecule has 1 atom stereocenters. The summed E-state index contributed by atoms with van der Waals surface area (Å²) in [5.41, 5.74) is 1.15. The Morgan fingerprint density at radius 1 is 1.57 bits per heavy atom. The third-order valence-corrected chi connectivity index (χ3v) is 2.14. The summed E-state index contributed by atoms with van der Waals surface area (Å²) < 4.78 is 10.0. The summed E-state index contributed by atoms with van der Waals surface area (Å²) in [7, 11) is 1.51. The van der Waals surface area contributed by atoms with Gasteiger partial charge in [-0.3, -0.25) is 0 Å². The van der Waals surface area contributed by atoms with Crippen LogP contribution in [-0.4, -0.2) is 13.1 Å². The molecule has 70 valence electrons. The van der Waals surface area contributed by atoms with Gasteiger partial charge in [-0.25, -0.2) is 4.79 Å². The zero-order chi connectivity index (χ0) is 10.1.